The van der Waals surface area contributed by atoms with E-state index in [9.17, 15) is 9.59 Å². The predicted molar refractivity (Wildman–Crippen MR) is 89.1 cm³/mol. The summed E-state index contributed by atoms with van der Waals surface area (Å²) in [6.45, 7) is 9.59. The fourth-order valence-electron chi connectivity index (χ4n) is 2.00. The van der Waals surface area contributed by atoms with Gasteiger partial charge in [0.25, 0.3) is 0 Å². The largest absolute Gasteiger partial charge is 0.444 e. The third-order valence-corrected chi connectivity index (χ3v) is 3.68. The molecule has 124 valence electrons. The van der Waals surface area contributed by atoms with Crippen LogP contribution in [0.15, 0.2) is 17.5 Å². The molecule has 1 N–H and O–H groups in total. The zero-order valence-electron chi connectivity index (χ0n) is 14.2. The quantitative estimate of drug-likeness (QED) is 0.905. The van der Waals surface area contributed by atoms with Crippen LogP contribution in [0.5, 0.6) is 0 Å². The molecule has 0 spiro atoms. The van der Waals surface area contributed by atoms with Gasteiger partial charge in [-0.15, -0.1) is 11.3 Å². The zero-order valence-corrected chi connectivity index (χ0v) is 15.0. The number of likely N-dealkylation sites (N-methyl/N-ethyl adjacent to an activating group) is 1. The van der Waals surface area contributed by atoms with E-state index in [-0.39, 0.29) is 5.91 Å². The van der Waals surface area contributed by atoms with Gasteiger partial charge in [0, 0.05) is 18.5 Å². The molecule has 2 amide bonds. The van der Waals surface area contributed by atoms with Crippen LogP contribution in [0.3, 0.4) is 0 Å². The minimum atomic E-state index is -0.567. The second-order valence-electron chi connectivity index (χ2n) is 7.02. The average molecular weight is 326 g/mol. The first-order valence-electron chi connectivity index (χ1n) is 7.26. The minimum Gasteiger partial charge on any atom is -0.444 e. The SMILES string of the molecule is CN(CC(C)(C)NC(=O)OC(C)(C)C)C(=O)Cc1cccs1. The van der Waals surface area contributed by atoms with Crippen LogP contribution >= 0.6 is 11.3 Å². The Kier molecular flexibility index (Phi) is 6.00. The summed E-state index contributed by atoms with van der Waals surface area (Å²) < 4.78 is 5.25. The van der Waals surface area contributed by atoms with Crippen molar-refractivity contribution < 1.29 is 14.3 Å². The normalized spacial score (nSPS) is 11.9. The van der Waals surface area contributed by atoms with Crippen molar-refractivity contribution in [2.24, 2.45) is 0 Å². The molecular weight excluding hydrogens is 300 g/mol. The first-order valence-corrected chi connectivity index (χ1v) is 8.14. The average Bonchev–Trinajstić information content (AvgIpc) is 2.76. The number of hydrogen-bond donors (Lipinski definition) is 1. The smallest absolute Gasteiger partial charge is 0.408 e. The lowest BCUT2D eigenvalue weighted by atomic mass is 10.1. The molecule has 0 bridgehead atoms. The Morgan fingerprint density at radius 2 is 1.91 bits per heavy atom. The summed E-state index contributed by atoms with van der Waals surface area (Å²) in [5.41, 5.74) is -1.11. The van der Waals surface area contributed by atoms with Crippen molar-refractivity contribution in [3.05, 3.63) is 22.4 Å². The van der Waals surface area contributed by atoms with Gasteiger partial charge in [0.2, 0.25) is 5.91 Å². The summed E-state index contributed by atoms with van der Waals surface area (Å²) >= 11 is 1.57. The van der Waals surface area contributed by atoms with Gasteiger partial charge in [-0.3, -0.25) is 4.79 Å². The standard InChI is InChI=1S/C16H26N2O3S/c1-15(2,3)21-14(20)17-16(4,5)11-18(6)13(19)10-12-8-7-9-22-12/h7-9H,10-11H2,1-6H3,(H,17,20). The molecule has 1 heterocycles. The molecule has 0 saturated heterocycles. The third kappa shape index (κ3) is 6.93. The molecule has 22 heavy (non-hydrogen) atoms. The molecule has 0 aliphatic rings. The van der Waals surface area contributed by atoms with Crippen molar-refractivity contribution in [2.45, 2.75) is 52.2 Å². The van der Waals surface area contributed by atoms with Gasteiger partial charge in [-0.25, -0.2) is 4.79 Å². The van der Waals surface area contributed by atoms with Crippen molar-refractivity contribution in [3.63, 3.8) is 0 Å². The molecule has 6 heteroatoms. The lowest BCUT2D eigenvalue weighted by Gasteiger charge is -2.32. The maximum absolute atomic E-state index is 12.2. The zero-order chi connectivity index (χ0) is 17.0. The minimum absolute atomic E-state index is 0.0292. The molecule has 0 aliphatic carbocycles. The van der Waals surface area contributed by atoms with E-state index in [0.717, 1.165) is 4.88 Å². The summed E-state index contributed by atoms with van der Waals surface area (Å²) in [5.74, 6) is 0.0292. The van der Waals surface area contributed by atoms with Gasteiger partial charge in [0.15, 0.2) is 0 Å². The summed E-state index contributed by atoms with van der Waals surface area (Å²) in [4.78, 5) is 26.7. The third-order valence-electron chi connectivity index (χ3n) is 2.80. The van der Waals surface area contributed by atoms with E-state index in [1.807, 2.05) is 52.1 Å². The van der Waals surface area contributed by atoms with E-state index >= 15 is 0 Å². The van der Waals surface area contributed by atoms with Crippen molar-refractivity contribution in [3.8, 4) is 0 Å². The number of amides is 2. The van der Waals surface area contributed by atoms with Crippen molar-refractivity contribution in [1.29, 1.82) is 0 Å². The van der Waals surface area contributed by atoms with Gasteiger partial charge in [-0.1, -0.05) is 6.07 Å². The Morgan fingerprint density at radius 1 is 1.27 bits per heavy atom. The van der Waals surface area contributed by atoms with E-state index in [1.165, 1.54) is 0 Å². The van der Waals surface area contributed by atoms with Gasteiger partial charge >= 0.3 is 6.09 Å². The number of carbonyl (C=O) groups excluding carboxylic acids is 2. The summed E-state index contributed by atoms with van der Waals surface area (Å²) in [5, 5.41) is 4.76. The first kappa shape index (κ1) is 18.5. The second kappa shape index (κ2) is 7.13. The molecule has 0 fully saturated rings. The molecular formula is C16H26N2O3S. The Balaban J connectivity index is 2.52. The van der Waals surface area contributed by atoms with E-state index < -0.39 is 17.2 Å². The highest BCUT2D eigenvalue weighted by Gasteiger charge is 2.27. The number of nitrogens with one attached hydrogen (secondary N) is 1. The number of rotatable bonds is 5. The van der Waals surface area contributed by atoms with Crippen molar-refractivity contribution in [1.82, 2.24) is 10.2 Å². The number of hydrogen-bond acceptors (Lipinski definition) is 4. The Labute approximate surface area is 136 Å². The van der Waals surface area contributed by atoms with Crippen LogP contribution in [0.2, 0.25) is 0 Å². The summed E-state index contributed by atoms with van der Waals surface area (Å²) in [6.07, 6.45) is -0.0898. The maximum Gasteiger partial charge on any atom is 0.408 e. The van der Waals surface area contributed by atoms with Gasteiger partial charge in [-0.05, 0) is 46.1 Å². The van der Waals surface area contributed by atoms with E-state index in [4.69, 9.17) is 4.74 Å². The van der Waals surface area contributed by atoms with Crippen LogP contribution in [0.1, 0.15) is 39.5 Å². The fourth-order valence-corrected chi connectivity index (χ4v) is 2.69. The highest BCUT2D eigenvalue weighted by atomic mass is 32.1. The first-order chi connectivity index (χ1) is 9.98. The summed E-state index contributed by atoms with van der Waals surface area (Å²) in [7, 11) is 1.74. The topological polar surface area (TPSA) is 58.6 Å². The van der Waals surface area contributed by atoms with Gasteiger partial charge in [-0.2, -0.15) is 0 Å². The molecule has 0 unspecified atom stereocenters. The van der Waals surface area contributed by atoms with Gasteiger partial charge in [0.1, 0.15) is 5.60 Å². The Hall–Kier alpha value is -1.56. The van der Waals surface area contributed by atoms with Crippen molar-refractivity contribution in [2.75, 3.05) is 13.6 Å². The maximum atomic E-state index is 12.2. The van der Waals surface area contributed by atoms with Crippen LogP contribution in [0, 0.1) is 0 Å². The molecule has 1 rings (SSSR count). The molecule has 0 aromatic carbocycles. The molecule has 1 aromatic rings. The molecule has 0 radical (unpaired) electrons. The number of thiophene rings is 1. The van der Waals surface area contributed by atoms with E-state index in [2.05, 4.69) is 5.32 Å². The number of carbonyl (C=O) groups is 2. The number of ether oxygens (including phenoxy) is 1. The predicted octanol–water partition coefficient (Wildman–Crippen LogP) is 3.05. The molecule has 0 saturated carbocycles. The number of nitrogens with zero attached hydrogens (tertiary/aromatic N) is 1. The number of alkyl carbamates (subject to hydrolysis) is 1. The van der Waals surface area contributed by atoms with Crippen molar-refractivity contribution >= 4 is 23.3 Å². The monoisotopic (exact) mass is 326 g/mol. The van der Waals surface area contributed by atoms with Gasteiger partial charge in [0.05, 0.1) is 12.0 Å². The molecule has 1 aromatic heterocycles. The summed E-state index contributed by atoms with van der Waals surface area (Å²) in [6, 6.07) is 3.88. The second-order valence-corrected chi connectivity index (χ2v) is 8.05. The fraction of sp³-hybridized carbons (Fsp3) is 0.625. The Bertz CT molecular complexity index is 504. The van der Waals surface area contributed by atoms with Gasteiger partial charge < -0.3 is 15.0 Å². The van der Waals surface area contributed by atoms with Crippen LogP contribution in [0.25, 0.3) is 0 Å². The lowest BCUT2D eigenvalue weighted by Crippen LogP contribution is -2.53. The highest BCUT2D eigenvalue weighted by Crippen LogP contribution is 2.13. The Morgan fingerprint density at radius 3 is 2.41 bits per heavy atom. The van der Waals surface area contributed by atoms with Crippen LogP contribution in [-0.4, -0.2) is 41.6 Å². The van der Waals surface area contributed by atoms with E-state index in [0.29, 0.717) is 13.0 Å². The van der Waals surface area contributed by atoms with Crippen LogP contribution in [0.4, 0.5) is 4.79 Å². The molecule has 5 nitrogen and oxygen atoms in total. The highest BCUT2D eigenvalue weighted by molar-refractivity contribution is 7.10. The molecule has 0 atom stereocenters. The molecule has 0 aliphatic heterocycles. The lowest BCUT2D eigenvalue weighted by molar-refractivity contribution is -0.129. The van der Waals surface area contributed by atoms with Crippen LogP contribution < -0.4 is 5.32 Å². The van der Waals surface area contributed by atoms with E-state index in [1.54, 1.807) is 23.3 Å². The van der Waals surface area contributed by atoms with Crippen LogP contribution in [-0.2, 0) is 16.0 Å².